The average molecular weight is 246 g/mol. The number of aryl methyl sites for hydroxylation is 2. The lowest BCUT2D eigenvalue weighted by molar-refractivity contribution is 0.106. The Balaban J connectivity index is 0.000000574. The number of H-pyrrole nitrogens is 1. The minimum atomic E-state index is 0.173. The van der Waals surface area contributed by atoms with Crippen molar-refractivity contribution in [1.29, 1.82) is 0 Å². The molecule has 1 saturated heterocycles. The van der Waals surface area contributed by atoms with Crippen molar-refractivity contribution < 1.29 is 4.74 Å². The van der Waals surface area contributed by atoms with Crippen LogP contribution in [0.3, 0.4) is 0 Å². The molecule has 18 heavy (non-hydrogen) atoms. The normalized spacial score (nSPS) is 18.8. The molecule has 3 heteroatoms. The Morgan fingerprint density at radius 3 is 2.72 bits per heavy atom. The van der Waals surface area contributed by atoms with Crippen molar-refractivity contribution in [2.24, 2.45) is 0 Å². The Bertz CT molecular complexity index is 525. The molecule has 1 aliphatic rings. The van der Waals surface area contributed by atoms with Crippen LogP contribution in [0.15, 0.2) is 12.1 Å². The first-order valence-electron chi connectivity index (χ1n) is 6.82. The van der Waals surface area contributed by atoms with Crippen LogP contribution in [0.25, 0.3) is 11.0 Å². The Kier molecular flexibility index (Phi) is 4.02. The fourth-order valence-electron chi connectivity index (χ4n) is 2.44. The maximum absolute atomic E-state index is 5.64. The summed E-state index contributed by atoms with van der Waals surface area (Å²) in [5.41, 5.74) is 4.71. The van der Waals surface area contributed by atoms with E-state index in [9.17, 15) is 0 Å². The van der Waals surface area contributed by atoms with Gasteiger partial charge < -0.3 is 9.72 Å². The second-order valence-corrected chi connectivity index (χ2v) is 4.60. The topological polar surface area (TPSA) is 37.9 Å². The van der Waals surface area contributed by atoms with Crippen LogP contribution < -0.4 is 0 Å². The molecule has 0 aliphatic carbocycles. The molecular weight excluding hydrogens is 224 g/mol. The lowest BCUT2D eigenvalue weighted by atomic mass is 10.1. The molecule has 0 saturated carbocycles. The number of aromatic amines is 1. The second kappa shape index (κ2) is 5.53. The lowest BCUT2D eigenvalue weighted by Crippen LogP contribution is -1.97. The molecule has 0 bridgehead atoms. The lowest BCUT2D eigenvalue weighted by Gasteiger charge is -2.03. The molecule has 98 valence electrons. The Morgan fingerprint density at radius 2 is 2.06 bits per heavy atom. The molecule has 1 unspecified atom stereocenters. The van der Waals surface area contributed by atoms with Gasteiger partial charge in [0.1, 0.15) is 11.9 Å². The van der Waals surface area contributed by atoms with Gasteiger partial charge in [-0.15, -0.1) is 0 Å². The Labute approximate surface area is 109 Å². The molecule has 0 radical (unpaired) electrons. The van der Waals surface area contributed by atoms with Gasteiger partial charge in [-0.25, -0.2) is 4.98 Å². The molecule has 0 spiro atoms. The summed E-state index contributed by atoms with van der Waals surface area (Å²) in [6, 6.07) is 4.32. The summed E-state index contributed by atoms with van der Waals surface area (Å²) in [4.78, 5) is 8.04. The van der Waals surface area contributed by atoms with E-state index in [1.54, 1.807) is 0 Å². The number of benzene rings is 1. The molecule has 3 nitrogen and oxygen atoms in total. The first kappa shape index (κ1) is 13.1. The fourth-order valence-corrected chi connectivity index (χ4v) is 2.44. The highest BCUT2D eigenvalue weighted by atomic mass is 16.5. The highest BCUT2D eigenvalue weighted by Crippen LogP contribution is 2.29. The van der Waals surface area contributed by atoms with E-state index in [1.165, 1.54) is 11.1 Å². The third-order valence-corrected chi connectivity index (χ3v) is 3.17. The van der Waals surface area contributed by atoms with Crippen LogP contribution >= 0.6 is 0 Å². The van der Waals surface area contributed by atoms with Crippen LogP contribution in [0.2, 0.25) is 0 Å². The molecular formula is C15H22N2O. The number of fused-ring (bicyclic) bond motifs is 1. The number of hydrogen-bond acceptors (Lipinski definition) is 2. The number of hydrogen-bond donors (Lipinski definition) is 1. The SMILES string of the molecule is CC.Cc1cc(C)c2nc(C3CCCO3)[nH]c2c1. The summed E-state index contributed by atoms with van der Waals surface area (Å²) >= 11 is 0. The van der Waals surface area contributed by atoms with Crippen molar-refractivity contribution in [3.05, 3.63) is 29.1 Å². The highest BCUT2D eigenvalue weighted by molar-refractivity contribution is 5.79. The van der Waals surface area contributed by atoms with Crippen molar-refractivity contribution in [3.8, 4) is 0 Å². The van der Waals surface area contributed by atoms with Crippen LogP contribution in [0.4, 0.5) is 0 Å². The van der Waals surface area contributed by atoms with E-state index in [1.807, 2.05) is 13.8 Å². The second-order valence-electron chi connectivity index (χ2n) is 4.60. The van der Waals surface area contributed by atoms with E-state index in [0.29, 0.717) is 0 Å². The van der Waals surface area contributed by atoms with Crippen LogP contribution in [-0.2, 0) is 4.74 Å². The molecule has 3 rings (SSSR count). The van der Waals surface area contributed by atoms with E-state index in [0.717, 1.165) is 36.3 Å². The summed E-state index contributed by atoms with van der Waals surface area (Å²) in [7, 11) is 0. The van der Waals surface area contributed by atoms with Crippen molar-refractivity contribution >= 4 is 11.0 Å². The predicted molar refractivity (Wildman–Crippen MR) is 74.8 cm³/mol. The summed E-state index contributed by atoms with van der Waals surface area (Å²) in [6.07, 6.45) is 2.39. The van der Waals surface area contributed by atoms with Crippen molar-refractivity contribution in [2.75, 3.05) is 6.61 Å². The van der Waals surface area contributed by atoms with E-state index < -0.39 is 0 Å². The number of aromatic nitrogens is 2. The number of imidazole rings is 1. The molecule has 1 aromatic heterocycles. The van der Waals surface area contributed by atoms with Gasteiger partial charge in [-0.2, -0.15) is 0 Å². The first-order valence-corrected chi connectivity index (χ1v) is 6.82. The van der Waals surface area contributed by atoms with Crippen molar-refractivity contribution in [1.82, 2.24) is 9.97 Å². The minimum Gasteiger partial charge on any atom is -0.370 e. The van der Waals surface area contributed by atoms with Crippen LogP contribution in [0, 0.1) is 13.8 Å². The molecule has 1 atom stereocenters. The largest absolute Gasteiger partial charge is 0.370 e. The minimum absolute atomic E-state index is 0.173. The van der Waals surface area contributed by atoms with Gasteiger partial charge >= 0.3 is 0 Å². The standard InChI is InChI=1S/C13H16N2O.C2H6/c1-8-6-9(2)12-10(7-8)14-13(15-12)11-4-3-5-16-11;1-2/h6-7,11H,3-5H2,1-2H3,(H,14,15);1-2H3. The van der Waals surface area contributed by atoms with Crippen LogP contribution in [0.5, 0.6) is 0 Å². The molecule has 1 N–H and O–H groups in total. The molecule has 1 aromatic carbocycles. The zero-order valence-corrected chi connectivity index (χ0v) is 11.7. The fraction of sp³-hybridized carbons (Fsp3) is 0.533. The van der Waals surface area contributed by atoms with Gasteiger partial charge in [0.15, 0.2) is 0 Å². The smallest absolute Gasteiger partial charge is 0.136 e. The van der Waals surface area contributed by atoms with E-state index in [2.05, 4.69) is 35.9 Å². The van der Waals surface area contributed by atoms with E-state index in [4.69, 9.17) is 4.74 Å². The third-order valence-electron chi connectivity index (χ3n) is 3.17. The molecule has 1 fully saturated rings. The molecule has 1 aliphatic heterocycles. The number of nitrogens with zero attached hydrogens (tertiary/aromatic N) is 1. The average Bonchev–Trinajstić information content (AvgIpc) is 2.98. The van der Waals surface area contributed by atoms with Crippen LogP contribution in [-0.4, -0.2) is 16.6 Å². The maximum atomic E-state index is 5.64. The number of rotatable bonds is 1. The van der Waals surface area contributed by atoms with Crippen molar-refractivity contribution in [2.45, 2.75) is 46.6 Å². The maximum Gasteiger partial charge on any atom is 0.136 e. The summed E-state index contributed by atoms with van der Waals surface area (Å²) in [6.45, 7) is 9.08. The van der Waals surface area contributed by atoms with E-state index >= 15 is 0 Å². The van der Waals surface area contributed by atoms with Crippen LogP contribution in [0.1, 0.15) is 49.7 Å². The van der Waals surface area contributed by atoms with Gasteiger partial charge in [0.2, 0.25) is 0 Å². The van der Waals surface area contributed by atoms with Crippen molar-refractivity contribution in [3.63, 3.8) is 0 Å². The quantitative estimate of drug-likeness (QED) is 0.824. The molecule has 2 aromatic rings. The predicted octanol–water partition coefficient (Wildman–Crippen LogP) is 4.06. The van der Waals surface area contributed by atoms with Gasteiger partial charge in [-0.3, -0.25) is 0 Å². The van der Waals surface area contributed by atoms with Gasteiger partial charge in [0.05, 0.1) is 11.0 Å². The van der Waals surface area contributed by atoms with Gasteiger partial charge in [-0.1, -0.05) is 19.9 Å². The van der Waals surface area contributed by atoms with E-state index in [-0.39, 0.29) is 6.10 Å². The molecule has 0 amide bonds. The third kappa shape index (κ3) is 2.41. The zero-order chi connectivity index (χ0) is 13.1. The summed E-state index contributed by atoms with van der Waals surface area (Å²) < 4.78 is 5.64. The summed E-state index contributed by atoms with van der Waals surface area (Å²) in [5, 5.41) is 0. The van der Waals surface area contributed by atoms with Gasteiger partial charge in [-0.05, 0) is 43.9 Å². The Hall–Kier alpha value is -1.35. The zero-order valence-electron chi connectivity index (χ0n) is 11.7. The molecule has 2 heterocycles. The number of ether oxygens (including phenoxy) is 1. The highest BCUT2D eigenvalue weighted by Gasteiger charge is 2.21. The monoisotopic (exact) mass is 246 g/mol. The summed E-state index contributed by atoms with van der Waals surface area (Å²) in [5.74, 6) is 0.987. The van der Waals surface area contributed by atoms with Gasteiger partial charge in [0.25, 0.3) is 0 Å². The Morgan fingerprint density at radius 1 is 1.28 bits per heavy atom. The first-order chi connectivity index (χ1) is 8.74. The number of nitrogens with one attached hydrogen (secondary N) is 1. The van der Waals surface area contributed by atoms with Gasteiger partial charge in [0, 0.05) is 6.61 Å².